The molecule has 0 saturated heterocycles. The molecule has 0 spiro atoms. The fraction of sp³-hybridized carbons (Fsp3) is 0. The Hall–Kier alpha value is -6.84. The average molecular weight is 653 g/mol. The Kier molecular flexibility index (Phi) is 6.81. The molecule has 8 aromatic carbocycles. The molecular formula is C48H32N2O. The summed E-state index contributed by atoms with van der Waals surface area (Å²) >= 11 is 0. The summed E-state index contributed by atoms with van der Waals surface area (Å²) in [6.07, 6.45) is 0. The number of hydrogen-bond donors (Lipinski definition) is 0. The lowest BCUT2D eigenvalue weighted by atomic mass is 10.0. The zero-order chi connectivity index (χ0) is 33.7. The Balaban J connectivity index is 1.17. The largest absolute Gasteiger partial charge is 0.456 e. The van der Waals surface area contributed by atoms with E-state index < -0.39 is 0 Å². The smallest absolute Gasteiger partial charge is 0.137 e. The molecule has 2 aromatic heterocycles. The lowest BCUT2D eigenvalue weighted by Gasteiger charge is -2.28. The summed E-state index contributed by atoms with van der Waals surface area (Å²) < 4.78 is 9.11. The summed E-state index contributed by atoms with van der Waals surface area (Å²) in [6, 6.07) is 69.0. The van der Waals surface area contributed by atoms with E-state index in [4.69, 9.17) is 4.42 Å². The Morgan fingerprint density at radius 3 is 1.71 bits per heavy atom. The third-order valence-electron chi connectivity index (χ3n) is 10.0. The number of aromatic nitrogens is 1. The molecule has 0 radical (unpaired) electrons. The zero-order valence-electron chi connectivity index (χ0n) is 27.8. The first kappa shape index (κ1) is 29.1. The number of benzene rings is 8. The molecule has 0 saturated carbocycles. The Bertz CT molecular complexity index is 2790. The number of anilines is 3. The van der Waals surface area contributed by atoms with Gasteiger partial charge < -0.3 is 13.9 Å². The van der Waals surface area contributed by atoms with Crippen molar-refractivity contribution in [2.45, 2.75) is 0 Å². The SMILES string of the molecule is c1ccc(-c2ccc(N(c3ccc4c(c3)oc3cccc(-n5c6ccccc6c6ccccc65)c34)c3ccccc3-c3ccccc3)cc2)cc1. The van der Waals surface area contributed by atoms with Crippen LogP contribution in [0.1, 0.15) is 0 Å². The zero-order valence-corrected chi connectivity index (χ0v) is 27.8. The minimum Gasteiger partial charge on any atom is -0.456 e. The van der Waals surface area contributed by atoms with E-state index in [1.165, 1.54) is 38.5 Å². The molecule has 0 amide bonds. The van der Waals surface area contributed by atoms with Crippen LogP contribution >= 0.6 is 0 Å². The summed E-state index contributed by atoms with van der Waals surface area (Å²) in [7, 11) is 0. The minimum absolute atomic E-state index is 0.846. The van der Waals surface area contributed by atoms with E-state index in [2.05, 4.69) is 204 Å². The molecule has 0 aliphatic heterocycles. The summed E-state index contributed by atoms with van der Waals surface area (Å²) in [5.74, 6) is 0. The Labute approximate surface area is 295 Å². The molecule has 10 rings (SSSR count). The number of furan rings is 1. The highest BCUT2D eigenvalue weighted by atomic mass is 16.3. The molecule has 3 heteroatoms. The third-order valence-corrected chi connectivity index (χ3v) is 10.0. The lowest BCUT2D eigenvalue weighted by molar-refractivity contribution is 0.669. The molecule has 0 aliphatic rings. The van der Waals surface area contributed by atoms with Crippen LogP contribution in [0, 0.1) is 0 Å². The summed E-state index contributed by atoms with van der Waals surface area (Å²) in [5, 5.41) is 4.67. The van der Waals surface area contributed by atoms with Crippen LogP contribution in [0.15, 0.2) is 199 Å². The van der Waals surface area contributed by atoms with Crippen LogP contribution < -0.4 is 4.90 Å². The fourth-order valence-corrected chi connectivity index (χ4v) is 7.69. The fourth-order valence-electron chi connectivity index (χ4n) is 7.69. The maximum absolute atomic E-state index is 6.73. The van der Waals surface area contributed by atoms with Gasteiger partial charge in [-0.05, 0) is 71.3 Å². The monoisotopic (exact) mass is 652 g/mol. The molecule has 0 aliphatic carbocycles. The van der Waals surface area contributed by atoms with Crippen LogP contribution in [-0.2, 0) is 0 Å². The normalized spacial score (nSPS) is 11.5. The molecule has 3 nitrogen and oxygen atoms in total. The highest BCUT2D eigenvalue weighted by molar-refractivity contribution is 6.14. The third kappa shape index (κ3) is 4.82. The molecule has 0 fully saturated rings. The van der Waals surface area contributed by atoms with Gasteiger partial charge in [-0.25, -0.2) is 0 Å². The van der Waals surface area contributed by atoms with E-state index in [1.54, 1.807) is 0 Å². The molecule has 240 valence electrons. The molecule has 2 heterocycles. The van der Waals surface area contributed by atoms with Gasteiger partial charge in [-0.3, -0.25) is 0 Å². The topological polar surface area (TPSA) is 21.3 Å². The summed E-state index contributed by atoms with van der Waals surface area (Å²) in [6.45, 7) is 0. The van der Waals surface area contributed by atoms with Gasteiger partial charge in [0.1, 0.15) is 11.2 Å². The van der Waals surface area contributed by atoms with E-state index in [0.717, 1.165) is 50.3 Å². The van der Waals surface area contributed by atoms with Gasteiger partial charge in [0.25, 0.3) is 0 Å². The summed E-state index contributed by atoms with van der Waals surface area (Å²) in [5.41, 5.74) is 13.1. The van der Waals surface area contributed by atoms with Crippen LogP contribution in [0.3, 0.4) is 0 Å². The molecule has 0 atom stereocenters. The molecule has 0 unspecified atom stereocenters. The second-order valence-corrected chi connectivity index (χ2v) is 12.9. The predicted octanol–water partition coefficient (Wildman–Crippen LogP) is 13.5. The van der Waals surface area contributed by atoms with Gasteiger partial charge in [0.05, 0.1) is 27.8 Å². The van der Waals surface area contributed by atoms with E-state index in [9.17, 15) is 0 Å². The van der Waals surface area contributed by atoms with Crippen LogP contribution in [0.2, 0.25) is 0 Å². The van der Waals surface area contributed by atoms with Crippen molar-refractivity contribution in [2.75, 3.05) is 4.90 Å². The highest BCUT2D eigenvalue weighted by Gasteiger charge is 2.21. The van der Waals surface area contributed by atoms with E-state index >= 15 is 0 Å². The van der Waals surface area contributed by atoms with Crippen molar-refractivity contribution in [1.29, 1.82) is 0 Å². The minimum atomic E-state index is 0.846. The van der Waals surface area contributed by atoms with Crippen molar-refractivity contribution >= 4 is 60.8 Å². The second kappa shape index (κ2) is 11.9. The molecule has 0 bridgehead atoms. The van der Waals surface area contributed by atoms with Gasteiger partial charge in [-0.1, -0.05) is 133 Å². The lowest BCUT2D eigenvalue weighted by Crippen LogP contribution is -2.11. The standard InChI is InChI=1S/C48H32N2O/c1-3-14-33(15-4-1)34-26-28-36(29-27-34)49(42-21-10-7-18-38(42)35-16-5-2-6-17-35)37-30-31-41-47(32-37)51-46-25-13-24-45(48(41)46)50-43-22-11-8-19-39(43)40-20-9-12-23-44(40)50/h1-32H. The molecular weight excluding hydrogens is 621 g/mol. The quantitative estimate of drug-likeness (QED) is 0.178. The number of fused-ring (bicyclic) bond motifs is 6. The van der Waals surface area contributed by atoms with Gasteiger partial charge >= 0.3 is 0 Å². The maximum atomic E-state index is 6.73. The van der Waals surface area contributed by atoms with Gasteiger partial charge in [0.15, 0.2) is 0 Å². The average Bonchev–Trinajstić information content (AvgIpc) is 3.75. The van der Waals surface area contributed by atoms with Crippen molar-refractivity contribution in [1.82, 2.24) is 4.57 Å². The van der Waals surface area contributed by atoms with Gasteiger partial charge in [0, 0.05) is 39.2 Å². The van der Waals surface area contributed by atoms with Crippen molar-refractivity contribution in [2.24, 2.45) is 0 Å². The number of hydrogen-bond acceptors (Lipinski definition) is 2. The Morgan fingerprint density at radius 2 is 0.980 bits per heavy atom. The molecule has 0 N–H and O–H groups in total. The number of nitrogens with zero attached hydrogens (tertiary/aromatic N) is 2. The molecule has 10 aromatic rings. The molecule has 51 heavy (non-hydrogen) atoms. The van der Waals surface area contributed by atoms with Crippen molar-refractivity contribution < 1.29 is 4.42 Å². The maximum Gasteiger partial charge on any atom is 0.137 e. The van der Waals surface area contributed by atoms with Crippen molar-refractivity contribution in [3.8, 4) is 27.9 Å². The first-order valence-electron chi connectivity index (χ1n) is 17.4. The van der Waals surface area contributed by atoms with Crippen molar-refractivity contribution in [3.63, 3.8) is 0 Å². The highest BCUT2D eigenvalue weighted by Crippen LogP contribution is 2.44. The van der Waals surface area contributed by atoms with Crippen LogP contribution in [-0.4, -0.2) is 4.57 Å². The van der Waals surface area contributed by atoms with Crippen molar-refractivity contribution in [3.05, 3.63) is 194 Å². The predicted molar refractivity (Wildman–Crippen MR) is 214 cm³/mol. The number of para-hydroxylation sites is 3. The van der Waals surface area contributed by atoms with E-state index in [1.807, 2.05) is 0 Å². The van der Waals surface area contributed by atoms with Crippen LogP contribution in [0.5, 0.6) is 0 Å². The van der Waals surface area contributed by atoms with Gasteiger partial charge in [0.2, 0.25) is 0 Å². The van der Waals surface area contributed by atoms with E-state index in [0.29, 0.717) is 0 Å². The first-order valence-corrected chi connectivity index (χ1v) is 17.4. The van der Waals surface area contributed by atoms with Gasteiger partial charge in [-0.15, -0.1) is 0 Å². The van der Waals surface area contributed by atoms with Crippen LogP contribution in [0.25, 0.3) is 71.7 Å². The van der Waals surface area contributed by atoms with Crippen LogP contribution in [0.4, 0.5) is 17.1 Å². The second-order valence-electron chi connectivity index (χ2n) is 12.9. The van der Waals surface area contributed by atoms with Gasteiger partial charge in [-0.2, -0.15) is 0 Å². The summed E-state index contributed by atoms with van der Waals surface area (Å²) in [4.78, 5) is 2.34. The number of rotatable bonds is 6. The first-order chi connectivity index (χ1) is 25.3. The van der Waals surface area contributed by atoms with E-state index in [-0.39, 0.29) is 0 Å². The Morgan fingerprint density at radius 1 is 0.392 bits per heavy atom.